The molecule has 0 saturated carbocycles. The van der Waals surface area contributed by atoms with E-state index in [9.17, 15) is 9.90 Å². The van der Waals surface area contributed by atoms with Gasteiger partial charge < -0.3 is 14.3 Å². The highest BCUT2D eigenvalue weighted by atomic mass is 35.5. The summed E-state index contributed by atoms with van der Waals surface area (Å²) in [6, 6.07) is 13.4. The number of ether oxygens (including phenoxy) is 1. The Balaban J connectivity index is 1.77. The maximum Gasteiger partial charge on any atom is 0.412 e. The first-order valence-electron chi connectivity index (χ1n) is 7.74. The van der Waals surface area contributed by atoms with Gasteiger partial charge in [0.25, 0.3) is 0 Å². The highest BCUT2D eigenvalue weighted by Crippen LogP contribution is 2.37. The Hall–Kier alpha value is -2.63. The maximum atomic E-state index is 12.3. The number of rotatable bonds is 4. The fraction of sp³-hybridized carbons (Fsp3) is 0.105. The van der Waals surface area contributed by atoms with Gasteiger partial charge in [-0.3, -0.25) is 5.32 Å². The van der Waals surface area contributed by atoms with E-state index < -0.39 is 12.2 Å². The molecular formula is C19H15Cl2NO4. The molecule has 0 spiro atoms. The van der Waals surface area contributed by atoms with Crippen molar-refractivity contribution in [1.82, 2.24) is 0 Å². The average molecular weight is 392 g/mol. The van der Waals surface area contributed by atoms with Crippen LogP contribution in [0.15, 0.2) is 59.2 Å². The third-order valence-electron chi connectivity index (χ3n) is 3.73. The van der Waals surface area contributed by atoms with E-state index in [0.717, 1.165) is 0 Å². The quantitative estimate of drug-likeness (QED) is 0.549. The van der Waals surface area contributed by atoms with Gasteiger partial charge in [-0.1, -0.05) is 41.4 Å². The van der Waals surface area contributed by atoms with Gasteiger partial charge in [0.2, 0.25) is 0 Å². The predicted octanol–water partition coefficient (Wildman–Crippen LogP) is 6.27. The number of hydrogen-bond donors (Lipinski definition) is 2. The first-order valence-corrected chi connectivity index (χ1v) is 8.49. The van der Waals surface area contributed by atoms with Crippen molar-refractivity contribution in [2.24, 2.45) is 0 Å². The number of anilines is 1. The second-order valence-corrected chi connectivity index (χ2v) is 6.34. The van der Waals surface area contributed by atoms with Crippen LogP contribution in [-0.2, 0) is 4.74 Å². The van der Waals surface area contributed by atoms with Crippen LogP contribution in [0.4, 0.5) is 10.5 Å². The van der Waals surface area contributed by atoms with Gasteiger partial charge in [0.05, 0.1) is 0 Å². The Morgan fingerprint density at radius 1 is 1.12 bits per heavy atom. The standard InChI is InChI=1S/C19H15Cl2NO4/c1-11(14-4-2-3-5-15(14)20)26-19(24)22-17-16(21)10-25-18(17)12-6-8-13(23)9-7-12/h2-11,23H,1H3,(H,22,24). The monoisotopic (exact) mass is 391 g/mol. The third-order valence-corrected chi connectivity index (χ3v) is 4.35. The average Bonchev–Trinajstić information content (AvgIpc) is 2.96. The number of hydrogen-bond acceptors (Lipinski definition) is 4. The van der Waals surface area contributed by atoms with Crippen LogP contribution in [0.5, 0.6) is 5.75 Å². The molecule has 26 heavy (non-hydrogen) atoms. The van der Waals surface area contributed by atoms with Crippen molar-refractivity contribution in [3.05, 3.63) is 70.4 Å². The van der Waals surface area contributed by atoms with Crippen LogP contribution in [0, 0.1) is 0 Å². The maximum absolute atomic E-state index is 12.3. The highest BCUT2D eigenvalue weighted by molar-refractivity contribution is 6.34. The molecule has 3 rings (SSSR count). The summed E-state index contributed by atoms with van der Waals surface area (Å²) in [4.78, 5) is 12.3. The van der Waals surface area contributed by atoms with Crippen molar-refractivity contribution in [3.63, 3.8) is 0 Å². The van der Waals surface area contributed by atoms with E-state index in [1.165, 1.54) is 18.4 Å². The summed E-state index contributed by atoms with van der Waals surface area (Å²) in [5, 5.41) is 12.7. The topological polar surface area (TPSA) is 71.7 Å². The summed E-state index contributed by atoms with van der Waals surface area (Å²) >= 11 is 12.2. The molecule has 0 fully saturated rings. The number of nitrogens with one attached hydrogen (secondary N) is 1. The molecule has 2 aromatic carbocycles. The number of carbonyl (C=O) groups is 1. The van der Waals surface area contributed by atoms with Gasteiger partial charge in [-0.05, 0) is 37.3 Å². The van der Waals surface area contributed by atoms with Crippen molar-refractivity contribution in [3.8, 4) is 17.1 Å². The normalized spacial score (nSPS) is 11.8. The van der Waals surface area contributed by atoms with E-state index in [-0.39, 0.29) is 16.5 Å². The van der Waals surface area contributed by atoms with Gasteiger partial charge in [0.15, 0.2) is 5.76 Å². The van der Waals surface area contributed by atoms with Crippen molar-refractivity contribution < 1.29 is 19.1 Å². The molecule has 7 heteroatoms. The van der Waals surface area contributed by atoms with E-state index in [1.807, 2.05) is 6.07 Å². The van der Waals surface area contributed by atoms with Crippen LogP contribution in [0.1, 0.15) is 18.6 Å². The Kier molecular flexibility index (Phi) is 5.40. The van der Waals surface area contributed by atoms with Crippen molar-refractivity contribution in [2.45, 2.75) is 13.0 Å². The van der Waals surface area contributed by atoms with Crippen molar-refractivity contribution in [2.75, 3.05) is 5.32 Å². The number of carbonyl (C=O) groups excluding carboxylic acids is 1. The lowest BCUT2D eigenvalue weighted by molar-refractivity contribution is 0.121. The molecule has 0 aliphatic heterocycles. The van der Waals surface area contributed by atoms with Crippen molar-refractivity contribution in [1.29, 1.82) is 0 Å². The van der Waals surface area contributed by atoms with Crippen LogP contribution in [0.2, 0.25) is 10.0 Å². The molecule has 0 radical (unpaired) electrons. The molecule has 134 valence electrons. The Labute approximate surface area is 160 Å². The lowest BCUT2D eigenvalue weighted by atomic mass is 10.1. The van der Waals surface area contributed by atoms with Crippen LogP contribution < -0.4 is 5.32 Å². The van der Waals surface area contributed by atoms with Crippen LogP contribution >= 0.6 is 23.2 Å². The molecule has 0 aliphatic rings. The summed E-state index contributed by atoms with van der Waals surface area (Å²) in [5.41, 5.74) is 1.62. The summed E-state index contributed by atoms with van der Waals surface area (Å²) in [6.07, 6.45) is 0.0730. The zero-order valence-electron chi connectivity index (χ0n) is 13.7. The van der Waals surface area contributed by atoms with Gasteiger partial charge in [-0.2, -0.15) is 0 Å². The smallest absolute Gasteiger partial charge is 0.412 e. The van der Waals surface area contributed by atoms with E-state index in [2.05, 4.69) is 5.32 Å². The molecule has 1 atom stereocenters. The lowest BCUT2D eigenvalue weighted by Crippen LogP contribution is -2.16. The molecule has 1 unspecified atom stereocenters. The molecular weight excluding hydrogens is 377 g/mol. The summed E-state index contributed by atoms with van der Waals surface area (Å²) in [6.45, 7) is 1.72. The Morgan fingerprint density at radius 3 is 2.50 bits per heavy atom. The molecule has 1 aromatic heterocycles. The minimum atomic E-state index is -0.694. The van der Waals surface area contributed by atoms with Gasteiger partial charge in [0, 0.05) is 16.1 Å². The fourth-order valence-corrected chi connectivity index (χ4v) is 2.91. The minimum Gasteiger partial charge on any atom is -0.508 e. The molecule has 3 aromatic rings. The SMILES string of the molecule is CC(OC(=O)Nc1c(Cl)coc1-c1ccc(O)cc1)c1ccccc1Cl. The Bertz CT molecular complexity index is 922. The summed E-state index contributed by atoms with van der Waals surface area (Å²) in [7, 11) is 0. The van der Waals surface area contributed by atoms with E-state index in [1.54, 1.807) is 37.3 Å². The second kappa shape index (κ2) is 7.72. The minimum absolute atomic E-state index is 0.119. The van der Waals surface area contributed by atoms with E-state index in [4.69, 9.17) is 32.4 Å². The van der Waals surface area contributed by atoms with Crippen LogP contribution in [0.3, 0.4) is 0 Å². The fourth-order valence-electron chi connectivity index (χ4n) is 2.44. The molecule has 0 aliphatic carbocycles. The zero-order chi connectivity index (χ0) is 18.7. The zero-order valence-corrected chi connectivity index (χ0v) is 15.2. The molecule has 1 heterocycles. The molecule has 0 bridgehead atoms. The van der Waals surface area contributed by atoms with E-state index in [0.29, 0.717) is 21.9 Å². The lowest BCUT2D eigenvalue weighted by Gasteiger charge is -2.15. The second-order valence-electron chi connectivity index (χ2n) is 5.53. The number of phenols is 1. The molecule has 5 nitrogen and oxygen atoms in total. The first kappa shape index (κ1) is 18.2. The third kappa shape index (κ3) is 3.95. The molecule has 1 amide bonds. The van der Waals surface area contributed by atoms with Gasteiger partial charge in [-0.15, -0.1) is 0 Å². The van der Waals surface area contributed by atoms with Crippen molar-refractivity contribution >= 4 is 35.0 Å². The number of furan rings is 1. The van der Waals surface area contributed by atoms with Crippen LogP contribution in [-0.4, -0.2) is 11.2 Å². The first-order chi connectivity index (χ1) is 12.5. The number of phenolic OH excluding ortho intramolecular Hbond substituents is 1. The summed E-state index contributed by atoms with van der Waals surface area (Å²) < 4.78 is 10.8. The van der Waals surface area contributed by atoms with Gasteiger partial charge in [-0.25, -0.2) is 4.79 Å². The summed E-state index contributed by atoms with van der Waals surface area (Å²) in [5.74, 6) is 0.478. The molecule has 0 saturated heterocycles. The molecule has 2 N–H and O–H groups in total. The largest absolute Gasteiger partial charge is 0.508 e. The van der Waals surface area contributed by atoms with Gasteiger partial charge in [0.1, 0.15) is 28.8 Å². The highest BCUT2D eigenvalue weighted by Gasteiger charge is 2.20. The number of aromatic hydroxyl groups is 1. The number of benzene rings is 2. The number of amides is 1. The van der Waals surface area contributed by atoms with Gasteiger partial charge >= 0.3 is 6.09 Å². The predicted molar refractivity (Wildman–Crippen MR) is 101 cm³/mol. The number of halogens is 2. The van der Waals surface area contributed by atoms with Crippen LogP contribution in [0.25, 0.3) is 11.3 Å². The Morgan fingerprint density at radius 2 is 1.81 bits per heavy atom. The van der Waals surface area contributed by atoms with E-state index >= 15 is 0 Å².